The first-order chi connectivity index (χ1) is 13.6. The second kappa shape index (κ2) is 6.66. The van der Waals surface area contributed by atoms with E-state index in [0.717, 1.165) is 31.2 Å². The number of rotatable bonds is 4. The highest BCUT2D eigenvalue weighted by Gasteiger charge is 2.31. The summed E-state index contributed by atoms with van der Waals surface area (Å²) in [5.74, 6) is 0.788. The Kier molecular flexibility index (Phi) is 4.12. The molecule has 1 saturated heterocycles. The quantitative estimate of drug-likeness (QED) is 0.666. The molecule has 2 aromatic heterocycles. The van der Waals surface area contributed by atoms with Crippen LogP contribution in [0.25, 0.3) is 11.6 Å². The summed E-state index contributed by atoms with van der Waals surface area (Å²) in [6, 6.07) is 3.77. The van der Waals surface area contributed by atoms with E-state index in [9.17, 15) is 9.18 Å². The molecule has 1 atom stereocenters. The van der Waals surface area contributed by atoms with Crippen molar-refractivity contribution < 1.29 is 13.7 Å². The van der Waals surface area contributed by atoms with E-state index in [4.69, 9.17) is 16.1 Å². The predicted molar refractivity (Wildman–Crippen MR) is 96.3 cm³/mol. The molecule has 144 valence electrons. The first kappa shape index (κ1) is 17.3. The highest BCUT2D eigenvalue weighted by Crippen LogP contribution is 2.38. The summed E-state index contributed by atoms with van der Waals surface area (Å²) in [6.45, 7) is 1.02. The molecular weight excluding hydrogens is 387 g/mol. The fraction of sp³-hybridized carbons (Fsp3) is 0.389. The van der Waals surface area contributed by atoms with E-state index in [1.807, 2.05) is 0 Å². The topological polar surface area (TPSA) is 89.9 Å². The molecule has 0 N–H and O–H groups in total. The van der Waals surface area contributed by atoms with Gasteiger partial charge in [-0.3, -0.25) is 4.79 Å². The van der Waals surface area contributed by atoms with Crippen LogP contribution < -0.4 is 0 Å². The third-order valence-electron chi connectivity index (χ3n) is 5.10. The van der Waals surface area contributed by atoms with Crippen molar-refractivity contribution in [2.75, 3.05) is 13.1 Å². The number of nitrogens with zero attached hydrogens (tertiary/aromatic N) is 6. The van der Waals surface area contributed by atoms with Crippen molar-refractivity contribution in [2.45, 2.75) is 31.2 Å². The van der Waals surface area contributed by atoms with Gasteiger partial charge in [-0.2, -0.15) is 4.98 Å². The van der Waals surface area contributed by atoms with Crippen LogP contribution in [0.2, 0.25) is 5.02 Å². The minimum atomic E-state index is -0.470. The fourth-order valence-corrected chi connectivity index (χ4v) is 3.62. The molecule has 2 fully saturated rings. The van der Waals surface area contributed by atoms with Crippen molar-refractivity contribution in [3.63, 3.8) is 0 Å². The third-order valence-corrected chi connectivity index (χ3v) is 5.41. The van der Waals surface area contributed by atoms with Crippen LogP contribution in [0.5, 0.6) is 0 Å². The first-order valence-electron chi connectivity index (χ1n) is 9.08. The van der Waals surface area contributed by atoms with Crippen LogP contribution in [0, 0.1) is 5.82 Å². The minimum absolute atomic E-state index is 0.0183. The molecule has 3 heterocycles. The molecule has 1 aliphatic carbocycles. The van der Waals surface area contributed by atoms with Gasteiger partial charge in [0.25, 0.3) is 11.8 Å². The Bertz CT molecular complexity index is 1050. The van der Waals surface area contributed by atoms with Crippen LogP contribution in [0.4, 0.5) is 4.39 Å². The smallest absolute Gasteiger partial charge is 0.280 e. The number of hydrogen-bond acceptors (Lipinski definition) is 6. The lowest BCUT2D eigenvalue weighted by atomic mass is 10.2. The monoisotopic (exact) mass is 402 g/mol. The van der Waals surface area contributed by atoms with Gasteiger partial charge in [0.15, 0.2) is 11.5 Å². The van der Waals surface area contributed by atoms with Crippen molar-refractivity contribution in [1.29, 1.82) is 0 Å². The Morgan fingerprint density at radius 3 is 2.93 bits per heavy atom. The maximum Gasteiger partial charge on any atom is 0.280 e. The van der Waals surface area contributed by atoms with Gasteiger partial charge >= 0.3 is 0 Å². The standard InChI is InChI=1S/C18H16ClFN6O2/c19-14-7-11(20)3-4-13(14)18(27)25-6-5-12(8-25)26-9-15(22-24-26)17-21-16(23-28-17)10-1-2-10/h3-4,7,9-10,12H,1-2,5-6,8H2/t12-/m0/s1. The second-order valence-electron chi connectivity index (χ2n) is 7.13. The van der Waals surface area contributed by atoms with Crippen LogP contribution in [-0.4, -0.2) is 49.0 Å². The maximum absolute atomic E-state index is 13.2. The number of halogens is 2. The Morgan fingerprint density at radius 2 is 2.14 bits per heavy atom. The number of benzene rings is 1. The molecule has 1 aliphatic heterocycles. The lowest BCUT2D eigenvalue weighted by Crippen LogP contribution is -2.29. The zero-order chi connectivity index (χ0) is 19.3. The Labute approximate surface area is 164 Å². The van der Waals surface area contributed by atoms with Crippen LogP contribution >= 0.6 is 11.6 Å². The summed E-state index contributed by atoms with van der Waals surface area (Å²) in [6.07, 6.45) is 4.67. The molecule has 8 nitrogen and oxygen atoms in total. The Hall–Kier alpha value is -2.81. The molecule has 1 aromatic carbocycles. The molecule has 3 aromatic rings. The van der Waals surface area contributed by atoms with E-state index >= 15 is 0 Å². The lowest BCUT2D eigenvalue weighted by Gasteiger charge is -2.17. The van der Waals surface area contributed by atoms with Crippen molar-refractivity contribution in [3.8, 4) is 11.6 Å². The largest absolute Gasteiger partial charge is 0.336 e. The highest BCUT2D eigenvalue weighted by molar-refractivity contribution is 6.33. The van der Waals surface area contributed by atoms with Crippen molar-refractivity contribution >= 4 is 17.5 Å². The number of aromatic nitrogens is 5. The first-order valence-corrected chi connectivity index (χ1v) is 9.46. The van der Waals surface area contributed by atoms with Crippen LogP contribution in [0.1, 0.15) is 47.4 Å². The fourth-order valence-electron chi connectivity index (χ4n) is 3.37. The van der Waals surface area contributed by atoms with Crippen LogP contribution in [0.15, 0.2) is 28.9 Å². The number of carbonyl (C=O) groups excluding carboxylic acids is 1. The Morgan fingerprint density at radius 1 is 1.29 bits per heavy atom. The highest BCUT2D eigenvalue weighted by atomic mass is 35.5. The van der Waals surface area contributed by atoms with E-state index in [-0.39, 0.29) is 17.0 Å². The van der Waals surface area contributed by atoms with Gasteiger partial charge in [-0.1, -0.05) is 22.0 Å². The lowest BCUT2D eigenvalue weighted by molar-refractivity contribution is 0.0787. The van der Waals surface area contributed by atoms with Gasteiger partial charge in [-0.15, -0.1) is 5.10 Å². The van der Waals surface area contributed by atoms with Gasteiger partial charge in [-0.05, 0) is 37.5 Å². The van der Waals surface area contributed by atoms with E-state index in [2.05, 4.69) is 20.5 Å². The van der Waals surface area contributed by atoms with E-state index < -0.39 is 5.82 Å². The number of hydrogen-bond donors (Lipinski definition) is 0. The molecule has 0 spiro atoms. The SMILES string of the molecule is O=C(c1ccc(F)cc1Cl)N1CC[C@H](n2cc(-c3nc(C4CC4)no3)nn2)C1. The molecule has 2 aliphatic rings. The van der Waals surface area contributed by atoms with Gasteiger partial charge in [0.1, 0.15) is 5.82 Å². The number of amides is 1. The summed E-state index contributed by atoms with van der Waals surface area (Å²) < 4.78 is 20.2. The molecule has 28 heavy (non-hydrogen) atoms. The summed E-state index contributed by atoms with van der Waals surface area (Å²) in [5.41, 5.74) is 0.812. The summed E-state index contributed by atoms with van der Waals surface area (Å²) in [7, 11) is 0. The third kappa shape index (κ3) is 3.15. The predicted octanol–water partition coefficient (Wildman–Crippen LogP) is 3.09. The van der Waals surface area contributed by atoms with Crippen molar-refractivity contribution in [3.05, 3.63) is 46.6 Å². The van der Waals surface area contributed by atoms with E-state index in [0.29, 0.717) is 36.2 Å². The van der Waals surface area contributed by atoms with E-state index in [1.54, 1.807) is 15.8 Å². The molecule has 10 heteroatoms. The molecule has 0 bridgehead atoms. The van der Waals surface area contributed by atoms with Crippen LogP contribution in [-0.2, 0) is 0 Å². The van der Waals surface area contributed by atoms with Crippen LogP contribution in [0.3, 0.4) is 0 Å². The molecular formula is C18H16ClFN6O2. The molecule has 1 saturated carbocycles. The molecule has 0 unspecified atom stereocenters. The van der Waals surface area contributed by atoms with Crippen molar-refractivity contribution in [2.24, 2.45) is 0 Å². The average molecular weight is 403 g/mol. The average Bonchev–Trinajstić information content (AvgIpc) is 3.11. The zero-order valence-corrected chi connectivity index (χ0v) is 15.5. The maximum atomic E-state index is 13.2. The second-order valence-corrected chi connectivity index (χ2v) is 7.54. The van der Waals surface area contributed by atoms with Gasteiger partial charge in [0.05, 0.1) is 22.8 Å². The summed E-state index contributed by atoms with van der Waals surface area (Å²) >= 11 is 6.02. The summed E-state index contributed by atoms with van der Waals surface area (Å²) in [4.78, 5) is 18.8. The van der Waals surface area contributed by atoms with Crippen molar-refractivity contribution in [1.82, 2.24) is 30.0 Å². The Balaban J connectivity index is 1.29. The molecule has 0 radical (unpaired) electrons. The molecule has 5 rings (SSSR count). The number of likely N-dealkylation sites (tertiary alicyclic amines) is 1. The summed E-state index contributed by atoms with van der Waals surface area (Å²) in [5, 5.41) is 12.4. The van der Waals surface area contributed by atoms with E-state index in [1.165, 1.54) is 12.1 Å². The van der Waals surface area contributed by atoms with Gasteiger partial charge < -0.3 is 9.42 Å². The van der Waals surface area contributed by atoms with Gasteiger partial charge in [0.2, 0.25) is 0 Å². The molecule has 1 amide bonds. The zero-order valence-electron chi connectivity index (χ0n) is 14.8. The minimum Gasteiger partial charge on any atom is -0.336 e. The number of carbonyl (C=O) groups is 1. The van der Waals surface area contributed by atoms with Gasteiger partial charge in [-0.25, -0.2) is 9.07 Å². The normalized spacial score (nSPS) is 19.4. The van der Waals surface area contributed by atoms with Gasteiger partial charge in [0, 0.05) is 19.0 Å².